The lowest BCUT2D eigenvalue weighted by Gasteiger charge is -2.18. The molecule has 3 N–H and O–H groups in total. The predicted octanol–water partition coefficient (Wildman–Crippen LogP) is 3.77. The fraction of sp³-hybridized carbons (Fsp3) is 0.250. The number of fused-ring (bicyclic) bond motifs is 1. The molecule has 27 heavy (non-hydrogen) atoms. The van der Waals surface area contributed by atoms with Crippen molar-refractivity contribution in [3.63, 3.8) is 0 Å². The van der Waals surface area contributed by atoms with Gasteiger partial charge in [0.15, 0.2) is 17.3 Å². The van der Waals surface area contributed by atoms with Gasteiger partial charge in [0, 0.05) is 12.8 Å². The maximum Gasteiger partial charge on any atom is 0.327 e. The van der Waals surface area contributed by atoms with E-state index in [1.54, 1.807) is 0 Å². The highest BCUT2D eigenvalue weighted by molar-refractivity contribution is 8.00. The summed E-state index contributed by atoms with van der Waals surface area (Å²) in [6.45, 7) is 1.99. The predicted molar refractivity (Wildman–Crippen MR) is 102 cm³/mol. The summed E-state index contributed by atoms with van der Waals surface area (Å²) in [5, 5.41) is 2.26. The first-order chi connectivity index (χ1) is 13.0. The summed E-state index contributed by atoms with van der Waals surface area (Å²) in [6, 6.07) is 1.61. The zero-order valence-corrected chi connectivity index (χ0v) is 15.4. The van der Waals surface area contributed by atoms with E-state index in [0.717, 1.165) is 23.1 Å². The molecule has 1 aromatic carbocycles. The number of carbonyl (C=O) groups is 1. The largest absolute Gasteiger partial charge is 0.340 e. The van der Waals surface area contributed by atoms with E-state index in [0.29, 0.717) is 11.2 Å². The Labute approximate surface area is 157 Å². The summed E-state index contributed by atoms with van der Waals surface area (Å²) in [5.41, 5.74) is 0.355. The Morgan fingerprint density at radius 3 is 2.89 bits per heavy atom. The number of imidazole rings is 1. The summed E-state index contributed by atoms with van der Waals surface area (Å²) in [7, 11) is 1.42. The molecule has 3 rings (SSSR count). The molecule has 0 bridgehead atoms. The van der Waals surface area contributed by atoms with E-state index in [1.165, 1.54) is 37.7 Å². The number of halogens is 2. The summed E-state index contributed by atoms with van der Waals surface area (Å²) in [5.74, 6) is -0.775. The van der Waals surface area contributed by atoms with Gasteiger partial charge in [-0.05, 0) is 18.6 Å². The summed E-state index contributed by atoms with van der Waals surface area (Å²) < 4.78 is 31.5. The quantitative estimate of drug-likeness (QED) is 0.436. The molecule has 0 fully saturated rings. The number of nitrogens with one attached hydrogen (secondary N) is 3. The van der Waals surface area contributed by atoms with Crippen LogP contribution in [0.2, 0.25) is 0 Å². The molecule has 11 heteroatoms. The molecule has 0 aliphatic rings. The number of hydrogen-bond acceptors (Lipinski definition) is 6. The minimum absolute atomic E-state index is 0.0887. The van der Waals surface area contributed by atoms with Gasteiger partial charge in [-0.1, -0.05) is 18.9 Å². The smallest absolute Gasteiger partial charge is 0.327 e. The van der Waals surface area contributed by atoms with Gasteiger partial charge in [-0.2, -0.15) is 0 Å². The van der Waals surface area contributed by atoms with Gasteiger partial charge in [0.25, 0.3) is 0 Å². The van der Waals surface area contributed by atoms with Crippen LogP contribution < -0.4 is 14.9 Å². The van der Waals surface area contributed by atoms with Crippen LogP contribution in [0.5, 0.6) is 0 Å². The highest BCUT2D eigenvalue weighted by atomic mass is 32.2. The molecule has 142 valence electrons. The van der Waals surface area contributed by atoms with E-state index in [1.807, 2.05) is 6.92 Å². The van der Waals surface area contributed by atoms with Crippen LogP contribution in [0, 0.1) is 11.6 Å². The topological polar surface area (TPSA) is 98.8 Å². The Morgan fingerprint density at radius 2 is 2.11 bits per heavy atom. The molecule has 0 saturated heterocycles. The van der Waals surface area contributed by atoms with Crippen LogP contribution in [0.3, 0.4) is 0 Å². The van der Waals surface area contributed by atoms with Gasteiger partial charge in [-0.25, -0.2) is 28.5 Å². The fourth-order valence-electron chi connectivity index (χ4n) is 2.27. The van der Waals surface area contributed by atoms with Crippen molar-refractivity contribution in [1.82, 2.24) is 19.9 Å². The Bertz CT molecular complexity index is 965. The number of amides is 2. The van der Waals surface area contributed by atoms with Crippen molar-refractivity contribution in [3.05, 3.63) is 36.4 Å². The van der Waals surface area contributed by atoms with E-state index in [9.17, 15) is 13.6 Å². The number of benzene rings is 1. The van der Waals surface area contributed by atoms with E-state index >= 15 is 0 Å². The van der Waals surface area contributed by atoms with Gasteiger partial charge in [0.1, 0.15) is 23.3 Å². The second-order valence-electron chi connectivity index (χ2n) is 5.52. The molecular weight excluding hydrogens is 376 g/mol. The molecule has 2 aromatic heterocycles. The number of hydrogen-bond donors (Lipinski definition) is 3. The first-order valence-electron chi connectivity index (χ1n) is 8.07. The van der Waals surface area contributed by atoms with E-state index in [-0.39, 0.29) is 11.5 Å². The van der Waals surface area contributed by atoms with Crippen molar-refractivity contribution in [2.75, 3.05) is 27.7 Å². The fourth-order valence-corrected chi connectivity index (χ4v) is 2.89. The Morgan fingerprint density at radius 1 is 1.30 bits per heavy atom. The molecule has 3 aromatic rings. The molecule has 0 aliphatic heterocycles. The summed E-state index contributed by atoms with van der Waals surface area (Å²) in [6.07, 6.45) is 3.56. The SMILES string of the molecule is CCCSNc1ccc(F)c(NC(=O)N(C)c2ncnc3nc[nH]c23)c1F. The molecule has 0 aliphatic carbocycles. The van der Waals surface area contributed by atoms with Crippen molar-refractivity contribution < 1.29 is 13.6 Å². The van der Waals surface area contributed by atoms with Crippen LogP contribution in [-0.2, 0) is 0 Å². The molecule has 0 spiro atoms. The van der Waals surface area contributed by atoms with Crippen LogP contribution >= 0.6 is 11.9 Å². The lowest BCUT2D eigenvalue weighted by molar-refractivity contribution is 0.257. The van der Waals surface area contributed by atoms with Crippen molar-refractivity contribution in [2.45, 2.75) is 13.3 Å². The molecule has 2 amide bonds. The third kappa shape index (κ3) is 3.92. The van der Waals surface area contributed by atoms with E-state index in [4.69, 9.17) is 0 Å². The van der Waals surface area contributed by atoms with Crippen LogP contribution in [0.4, 0.5) is 30.8 Å². The molecule has 8 nitrogen and oxygen atoms in total. The second kappa shape index (κ2) is 8.16. The molecule has 2 heterocycles. The van der Waals surface area contributed by atoms with E-state index < -0.39 is 23.4 Å². The number of H-pyrrole nitrogens is 1. The number of urea groups is 1. The van der Waals surface area contributed by atoms with Crippen LogP contribution in [0.1, 0.15) is 13.3 Å². The van der Waals surface area contributed by atoms with Gasteiger partial charge < -0.3 is 15.0 Å². The summed E-state index contributed by atoms with van der Waals surface area (Å²) in [4.78, 5) is 28.4. The third-order valence-corrected chi connectivity index (χ3v) is 4.61. The van der Waals surface area contributed by atoms with Crippen molar-refractivity contribution in [1.29, 1.82) is 0 Å². The van der Waals surface area contributed by atoms with Crippen LogP contribution in [-0.4, -0.2) is 38.8 Å². The summed E-state index contributed by atoms with van der Waals surface area (Å²) >= 11 is 1.30. The van der Waals surface area contributed by atoms with Crippen LogP contribution in [0.25, 0.3) is 11.2 Å². The van der Waals surface area contributed by atoms with E-state index in [2.05, 4.69) is 30.0 Å². The average molecular weight is 393 g/mol. The standard InChI is InChI=1S/C16H17F2N7OS/c1-3-6-27-24-10-5-4-9(17)12(11(10)18)23-16(26)25(2)15-13-14(20-7-19-13)21-8-22-15/h4-5,7-8,24H,3,6H2,1-2H3,(H,23,26)(H,19,20,21,22). The Hall–Kier alpha value is -2.95. The van der Waals surface area contributed by atoms with Gasteiger partial charge in [0.05, 0.1) is 12.0 Å². The minimum atomic E-state index is -0.880. The highest BCUT2D eigenvalue weighted by Gasteiger charge is 2.21. The highest BCUT2D eigenvalue weighted by Crippen LogP contribution is 2.28. The maximum absolute atomic E-state index is 14.6. The Kier molecular flexibility index (Phi) is 5.69. The minimum Gasteiger partial charge on any atom is -0.340 e. The van der Waals surface area contributed by atoms with Gasteiger partial charge >= 0.3 is 6.03 Å². The van der Waals surface area contributed by atoms with Gasteiger partial charge in [-0.15, -0.1) is 0 Å². The first kappa shape index (κ1) is 18.8. The number of aromatic nitrogens is 4. The van der Waals surface area contributed by atoms with Crippen molar-refractivity contribution in [3.8, 4) is 0 Å². The molecule has 0 unspecified atom stereocenters. The number of rotatable bonds is 6. The Balaban J connectivity index is 1.83. The maximum atomic E-state index is 14.6. The normalized spacial score (nSPS) is 10.8. The monoisotopic (exact) mass is 393 g/mol. The van der Waals surface area contributed by atoms with Crippen molar-refractivity contribution >= 4 is 46.3 Å². The third-order valence-electron chi connectivity index (χ3n) is 3.64. The second-order valence-corrected chi connectivity index (χ2v) is 6.42. The zero-order valence-electron chi connectivity index (χ0n) is 14.6. The van der Waals surface area contributed by atoms with Crippen LogP contribution in [0.15, 0.2) is 24.8 Å². The number of anilines is 3. The molecular formula is C16H17F2N7OS. The van der Waals surface area contributed by atoms with Gasteiger partial charge in [-0.3, -0.25) is 4.90 Å². The molecule has 0 saturated carbocycles. The van der Waals surface area contributed by atoms with Gasteiger partial charge in [0.2, 0.25) is 0 Å². The number of nitrogens with zero attached hydrogens (tertiary/aromatic N) is 4. The zero-order chi connectivity index (χ0) is 19.4. The molecule has 0 radical (unpaired) electrons. The lowest BCUT2D eigenvalue weighted by Crippen LogP contribution is -2.32. The van der Waals surface area contributed by atoms with Crippen molar-refractivity contribution in [2.24, 2.45) is 0 Å². The number of aromatic amines is 1. The first-order valence-corrected chi connectivity index (χ1v) is 9.06. The average Bonchev–Trinajstić information content (AvgIpc) is 3.15. The lowest BCUT2D eigenvalue weighted by atomic mass is 10.2. The number of carbonyl (C=O) groups excluding carboxylic acids is 1. The molecule has 0 atom stereocenters.